The average molecular weight is 394 g/mol. The predicted molar refractivity (Wildman–Crippen MR) is 108 cm³/mol. The molecule has 28 heavy (non-hydrogen) atoms. The van der Waals surface area contributed by atoms with Crippen LogP contribution in [-0.2, 0) is 4.79 Å². The van der Waals surface area contributed by atoms with E-state index >= 15 is 0 Å². The minimum atomic E-state index is -0.391. The van der Waals surface area contributed by atoms with Crippen molar-refractivity contribution in [3.05, 3.63) is 82.0 Å². The molecule has 3 aromatic rings. The number of amides is 1. The molecule has 1 aromatic heterocycles. The summed E-state index contributed by atoms with van der Waals surface area (Å²) in [6.45, 7) is 1.82. The Morgan fingerprint density at radius 1 is 1.07 bits per heavy atom. The van der Waals surface area contributed by atoms with Crippen molar-refractivity contribution in [2.24, 2.45) is 5.10 Å². The molecular formula is C21H18N2O4S. The molecule has 0 saturated heterocycles. The molecule has 2 aromatic carbocycles. The van der Waals surface area contributed by atoms with E-state index in [-0.39, 0.29) is 12.5 Å². The van der Waals surface area contributed by atoms with Gasteiger partial charge in [0.15, 0.2) is 6.61 Å². The number of hydrazone groups is 1. The fraction of sp³-hybridized carbons (Fsp3) is 0.0952. The van der Waals surface area contributed by atoms with Gasteiger partial charge in [0.05, 0.1) is 6.21 Å². The van der Waals surface area contributed by atoms with Gasteiger partial charge in [-0.2, -0.15) is 5.10 Å². The first kappa shape index (κ1) is 19.3. The largest absolute Gasteiger partial charge is 0.484 e. The third-order valence-electron chi connectivity index (χ3n) is 3.58. The third-order valence-corrected chi connectivity index (χ3v) is 4.43. The van der Waals surface area contributed by atoms with E-state index in [1.165, 1.54) is 17.6 Å². The number of esters is 1. The van der Waals surface area contributed by atoms with Gasteiger partial charge in [0.2, 0.25) is 0 Å². The van der Waals surface area contributed by atoms with Crippen LogP contribution in [-0.4, -0.2) is 24.7 Å². The number of thiophene rings is 1. The monoisotopic (exact) mass is 394 g/mol. The fourth-order valence-electron chi connectivity index (χ4n) is 2.24. The standard InChI is InChI=1S/C21H18N2O4S/c1-15-4-2-5-18(12-15)26-14-20(24)23-22-13-16-7-9-17(10-8-16)27-21(25)19-6-3-11-28-19/h2-13H,14H2,1H3,(H,23,24)/b22-13+. The molecule has 1 N–H and O–H groups in total. The van der Waals surface area contributed by atoms with Crippen LogP contribution in [0.3, 0.4) is 0 Å². The fourth-order valence-corrected chi connectivity index (χ4v) is 2.84. The second-order valence-corrected chi connectivity index (χ2v) is 6.78. The van der Waals surface area contributed by atoms with Gasteiger partial charge >= 0.3 is 5.97 Å². The molecule has 0 fully saturated rings. The van der Waals surface area contributed by atoms with Crippen LogP contribution in [0.15, 0.2) is 71.1 Å². The second-order valence-electron chi connectivity index (χ2n) is 5.83. The summed E-state index contributed by atoms with van der Waals surface area (Å²) in [6, 6.07) is 17.7. The van der Waals surface area contributed by atoms with E-state index in [1.807, 2.05) is 30.5 Å². The minimum Gasteiger partial charge on any atom is -0.484 e. The van der Waals surface area contributed by atoms with Crippen LogP contribution >= 0.6 is 11.3 Å². The first-order chi connectivity index (χ1) is 13.6. The van der Waals surface area contributed by atoms with E-state index in [0.29, 0.717) is 16.4 Å². The lowest BCUT2D eigenvalue weighted by Gasteiger charge is -2.05. The number of nitrogens with one attached hydrogen (secondary N) is 1. The number of carbonyl (C=O) groups excluding carboxylic acids is 2. The number of benzene rings is 2. The molecule has 0 bridgehead atoms. The van der Waals surface area contributed by atoms with Gasteiger partial charge in [0, 0.05) is 0 Å². The Balaban J connectivity index is 1.45. The second kappa shape index (κ2) is 9.48. The highest BCUT2D eigenvalue weighted by Gasteiger charge is 2.09. The van der Waals surface area contributed by atoms with Crippen LogP contribution in [0.4, 0.5) is 0 Å². The Labute approximate surface area is 166 Å². The highest BCUT2D eigenvalue weighted by atomic mass is 32.1. The topological polar surface area (TPSA) is 77.0 Å². The summed E-state index contributed by atoms with van der Waals surface area (Å²) in [5, 5.41) is 5.71. The van der Waals surface area contributed by atoms with Crippen LogP contribution < -0.4 is 14.9 Å². The number of ether oxygens (including phenoxy) is 2. The van der Waals surface area contributed by atoms with Crippen molar-refractivity contribution >= 4 is 29.4 Å². The lowest BCUT2D eigenvalue weighted by atomic mass is 10.2. The molecule has 0 saturated carbocycles. The molecule has 7 heteroatoms. The van der Waals surface area contributed by atoms with E-state index < -0.39 is 5.97 Å². The normalized spacial score (nSPS) is 10.6. The first-order valence-corrected chi connectivity index (χ1v) is 9.35. The van der Waals surface area contributed by atoms with Gasteiger partial charge in [-0.1, -0.05) is 18.2 Å². The van der Waals surface area contributed by atoms with Crippen molar-refractivity contribution in [1.82, 2.24) is 5.43 Å². The maximum Gasteiger partial charge on any atom is 0.353 e. The molecule has 0 aliphatic heterocycles. The van der Waals surface area contributed by atoms with Crippen LogP contribution in [0.1, 0.15) is 20.8 Å². The maximum atomic E-state index is 11.9. The lowest BCUT2D eigenvalue weighted by Crippen LogP contribution is -2.24. The summed E-state index contributed by atoms with van der Waals surface area (Å²) in [4.78, 5) is 24.2. The Morgan fingerprint density at radius 3 is 2.61 bits per heavy atom. The quantitative estimate of drug-likeness (QED) is 0.286. The van der Waals surface area contributed by atoms with Gasteiger partial charge in [-0.05, 0) is 65.9 Å². The van der Waals surface area contributed by atoms with Gasteiger partial charge in [0.25, 0.3) is 5.91 Å². The number of aryl methyl sites for hydroxylation is 1. The molecule has 0 aliphatic rings. The zero-order valence-corrected chi connectivity index (χ0v) is 15.9. The highest BCUT2D eigenvalue weighted by Crippen LogP contribution is 2.16. The van der Waals surface area contributed by atoms with Crippen molar-refractivity contribution in [3.63, 3.8) is 0 Å². The lowest BCUT2D eigenvalue weighted by molar-refractivity contribution is -0.123. The number of nitrogens with zero attached hydrogens (tertiary/aromatic N) is 1. The molecule has 1 heterocycles. The number of rotatable bonds is 7. The van der Waals surface area contributed by atoms with Crippen LogP contribution in [0.25, 0.3) is 0 Å². The van der Waals surface area contributed by atoms with Crippen molar-refractivity contribution < 1.29 is 19.1 Å². The zero-order chi connectivity index (χ0) is 19.8. The Hall–Kier alpha value is -3.45. The van der Waals surface area contributed by atoms with E-state index in [2.05, 4.69) is 10.5 Å². The van der Waals surface area contributed by atoms with Crippen molar-refractivity contribution in [1.29, 1.82) is 0 Å². The van der Waals surface area contributed by atoms with Crippen molar-refractivity contribution in [2.75, 3.05) is 6.61 Å². The molecule has 0 unspecified atom stereocenters. The van der Waals surface area contributed by atoms with E-state index in [1.54, 1.807) is 42.5 Å². The molecule has 0 spiro atoms. The van der Waals surface area contributed by atoms with Crippen LogP contribution in [0, 0.1) is 6.92 Å². The Kier molecular flexibility index (Phi) is 6.54. The molecular weight excluding hydrogens is 376 g/mol. The maximum absolute atomic E-state index is 11.9. The van der Waals surface area contributed by atoms with E-state index in [9.17, 15) is 9.59 Å². The molecule has 1 amide bonds. The van der Waals surface area contributed by atoms with Gasteiger partial charge in [-0.3, -0.25) is 4.79 Å². The minimum absolute atomic E-state index is 0.127. The van der Waals surface area contributed by atoms with Crippen molar-refractivity contribution in [2.45, 2.75) is 6.92 Å². The number of carbonyl (C=O) groups is 2. The third kappa shape index (κ3) is 5.78. The van der Waals surface area contributed by atoms with Gasteiger partial charge in [-0.25, -0.2) is 10.2 Å². The summed E-state index contributed by atoms with van der Waals surface area (Å²) in [5.74, 6) is 0.314. The highest BCUT2D eigenvalue weighted by molar-refractivity contribution is 7.12. The zero-order valence-electron chi connectivity index (χ0n) is 15.1. The van der Waals surface area contributed by atoms with Crippen LogP contribution in [0.5, 0.6) is 11.5 Å². The molecule has 0 aliphatic carbocycles. The summed E-state index contributed by atoms with van der Waals surface area (Å²) in [6.07, 6.45) is 1.50. The smallest absolute Gasteiger partial charge is 0.353 e. The van der Waals surface area contributed by atoms with Crippen LogP contribution in [0.2, 0.25) is 0 Å². The van der Waals surface area contributed by atoms with E-state index in [0.717, 1.165) is 11.1 Å². The van der Waals surface area contributed by atoms with Crippen molar-refractivity contribution in [3.8, 4) is 11.5 Å². The molecule has 6 nitrogen and oxygen atoms in total. The molecule has 3 rings (SSSR count). The SMILES string of the molecule is Cc1cccc(OCC(=O)N/N=C/c2ccc(OC(=O)c3cccs3)cc2)c1. The summed E-state index contributed by atoms with van der Waals surface area (Å²) < 4.78 is 10.7. The number of hydrogen-bond donors (Lipinski definition) is 1. The van der Waals surface area contributed by atoms with Gasteiger partial charge in [0.1, 0.15) is 16.4 Å². The predicted octanol–water partition coefficient (Wildman–Crippen LogP) is 3.80. The van der Waals surface area contributed by atoms with Gasteiger partial charge < -0.3 is 9.47 Å². The van der Waals surface area contributed by atoms with E-state index in [4.69, 9.17) is 9.47 Å². The summed E-state index contributed by atoms with van der Waals surface area (Å²) in [5.41, 5.74) is 4.20. The molecule has 142 valence electrons. The average Bonchev–Trinajstić information content (AvgIpc) is 3.23. The molecule has 0 atom stereocenters. The number of hydrogen-bond acceptors (Lipinski definition) is 6. The Morgan fingerprint density at radius 2 is 1.89 bits per heavy atom. The van der Waals surface area contributed by atoms with Gasteiger partial charge in [-0.15, -0.1) is 11.3 Å². The Bertz CT molecular complexity index is 966. The first-order valence-electron chi connectivity index (χ1n) is 8.47. The molecule has 0 radical (unpaired) electrons. The summed E-state index contributed by atoms with van der Waals surface area (Å²) >= 11 is 1.32. The summed E-state index contributed by atoms with van der Waals surface area (Å²) in [7, 11) is 0.